The Bertz CT molecular complexity index is 586. The number of fused-ring (bicyclic) bond motifs is 1. The van der Waals surface area contributed by atoms with Crippen LogP contribution in [0.5, 0.6) is 0 Å². The number of amides is 1. The van der Waals surface area contributed by atoms with Crippen molar-refractivity contribution in [3.05, 3.63) is 35.9 Å². The van der Waals surface area contributed by atoms with Crippen molar-refractivity contribution in [3.8, 4) is 0 Å². The van der Waals surface area contributed by atoms with E-state index < -0.39 is 5.60 Å². The number of carbonyl (C=O) groups is 1. The number of rotatable bonds is 3. The second kappa shape index (κ2) is 6.47. The summed E-state index contributed by atoms with van der Waals surface area (Å²) in [6.07, 6.45) is 3.16. The van der Waals surface area contributed by atoms with Crippen molar-refractivity contribution in [2.75, 3.05) is 26.2 Å². The number of ether oxygens (including phenoxy) is 1. The number of hydrogen-bond acceptors (Lipinski definition) is 4. The fourth-order valence-electron chi connectivity index (χ4n) is 4.41. The van der Waals surface area contributed by atoms with Crippen LogP contribution in [0.15, 0.2) is 30.3 Å². The van der Waals surface area contributed by atoms with E-state index in [4.69, 9.17) is 4.74 Å². The molecule has 1 N–H and O–H groups in total. The molecule has 1 aromatic rings. The van der Waals surface area contributed by atoms with E-state index in [9.17, 15) is 9.90 Å². The van der Waals surface area contributed by atoms with Gasteiger partial charge in [0.2, 0.25) is 0 Å². The molecule has 2 atom stereocenters. The Balaban J connectivity index is 1.45. The molecule has 3 aliphatic rings. The van der Waals surface area contributed by atoms with Crippen LogP contribution in [0.4, 0.5) is 0 Å². The van der Waals surface area contributed by atoms with Gasteiger partial charge in [0.1, 0.15) is 5.60 Å². The lowest BCUT2D eigenvalue weighted by molar-refractivity contribution is -0.150. The molecule has 0 aromatic heterocycles. The summed E-state index contributed by atoms with van der Waals surface area (Å²) in [5.74, 6) is -0.0855. The molecular formula is C19H26N2O3. The maximum absolute atomic E-state index is 12.8. The van der Waals surface area contributed by atoms with Crippen molar-refractivity contribution in [1.29, 1.82) is 0 Å². The molecule has 2 heterocycles. The maximum Gasteiger partial charge on any atom is 0.254 e. The number of aliphatic hydroxyl groups is 1. The van der Waals surface area contributed by atoms with E-state index in [1.165, 1.54) is 5.56 Å². The van der Waals surface area contributed by atoms with Gasteiger partial charge in [-0.25, -0.2) is 0 Å². The van der Waals surface area contributed by atoms with E-state index in [-0.39, 0.29) is 18.1 Å². The monoisotopic (exact) mass is 330 g/mol. The van der Waals surface area contributed by atoms with Gasteiger partial charge in [-0.05, 0) is 31.2 Å². The first kappa shape index (κ1) is 16.1. The highest BCUT2D eigenvalue weighted by molar-refractivity contribution is 5.85. The van der Waals surface area contributed by atoms with Gasteiger partial charge in [-0.1, -0.05) is 30.3 Å². The summed E-state index contributed by atoms with van der Waals surface area (Å²) in [6, 6.07) is 10.7. The number of nitrogens with zero attached hydrogens (tertiary/aromatic N) is 2. The van der Waals surface area contributed by atoms with Gasteiger partial charge in [0.25, 0.3) is 5.91 Å². The molecule has 3 fully saturated rings. The van der Waals surface area contributed by atoms with Gasteiger partial charge in [-0.3, -0.25) is 9.69 Å². The van der Waals surface area contributed by atoms with Crippen molar-refractivity contribution in [2.45, 2.75) is 50.0 Å². The maximum atomic E-state index is 12.8. The molecule has 1 aromatic carbocycles. The number of benzene rings is 1. The van der Waals surface area contributed by atoms with Gasteiger partial charge in [0.05, 0.1) is 18.8 Å². The first-order chi connectivity index (χ1) is 11.7. The van der Waals surface area contributed by atoms with Gasteiger partial charge in [-0.15, -0.1) is 0 Å². The lowest BCUT2D eigenvalue weighted by Gasteiger charge is -2.36. The Labute approximate surface area is 143 Å². The Morgan fingerprint density at radius 2 is 1.96 bits per heavy atom. The van der Waals surface area contributed by atoms with E-state index in [1.54, 1.807) is 0 Å². The summed E-state index contributed by atoms with van der Waals surface area (Å²) in [6.45, 7) is 3.76. The molecular weight excluding hydrogens is 304 g/mol. The van der Waals surface area contributed by atoms with Crippen LogP contribution >= 0.6 is 0 Å². The predicted octanol–water partition coefficient (Wildman–Crippen LogP) is 1.40. The number of morpholine rings is 1. The van der Waals surface area contributed by atoms with Gasteiger partial charge in [0.15, 0.2) is 0 Å². The van der Waals surface area contributed by atoms with Gasteiger partial charge >= 0.3 is 0 Å². The Morgan fingerprint density at radius 1 is 1.21 bits per heavy atom. The molecule has 1 amide bonds. The van der Waals surface area contributed by atoms with Gasteiger partial charge in [0, 0.05) is 26.2 Å². The van der Waals surface area contributed by atoms with Gasteiger partial charge < -0.3 is 14.7 Å². The van der Waals surface area contributed by atoms with Crippen molar-refractivity contribution in [1.82, 2.24) is 9.80 Å². The molecule has 5 heteroatoms. The molecule has 0 radical (unpaired) electrons. The van der Waals surface area contributed by atoms with Crippen LogP contribution in [0.2, 0.25) is 0 Å². The van der Waals surface area contributed by atoms with Crippen LogP contribution in [0, 0.1) is 0 Å². The Hall–Kier alpha value is -1.43. The topological polar surface area (TPSA) is 53.0 Å². The van der Waals surface area contributed by atoms with E-state index >= 15 is 0 Å². The molecule has 1 saturated carbocycles. The fourth-order valence-corrected chi connectivity index (χ4v) is 4.41. The lowest BCUT2D eigenvalue weighted by atomic mass is 10.0. The number of carbonyl (C=O) groups excluding carboxylic acids is 1. The summed E-state index contributed by atoms with van der Waals surface area (Å²) >= 11 is 0. The SMILES string of the molecule is O=C(N1CC2OCCN(Cc3ccccc3)C2C1)C1(O)CCCC1. The van der Waals surface area contributed by atoms with Crippen LogP contribution in [-0.2, 0) is 16.1 Å². The van der Waals surface area contributed by atoms with Gasteiger partial charge in [-0.2, -0.15) is 0 Å². The minimum absolute atomic E-state index is 0.0661. The molecule has 2 aliphatic heterocycles. The van der Waals surface area contributed by atoms with Crippen LogP contribution in [0.25, 0.3) is 0 Å². The normalized spacial score (nSPS) is 29.6. The molecule has 130 valence electrons. The van der Waals surface area contributed by atoms with Crippen molar-refractivity contribution in [3.63, 3.8) is 0 Å². The first-order valence-corrected chi connectivity index (χ1v) is 9.07. The third kappa shape index (κ3) is 2.96. The molecule has 24 heavy (non-hydrogen) atoms. The lowest BCUT2D eigenvalue weighted by Crippen LogP contribution is -2.50. The summed E-state index contributed by atoms with van der Waals surface area (Å²) in [5, 5.41) is 10.6. The van der Waals surface area contributed by atoms with E-state index in [0.29, 0.717) is 32.5 Å². The zero-order valence-corrected chi connectivity index (χ0v) is 14.1. The predicted molar refractivity (Wildman–Crippen MR) is 90.4 cm³/mol. The summed E-state index contributed by atoms with van der Waals surface area (Å²) in [5.41, 5.74) is 0.162. The average Bonchev–Trinajstić information content (AvgIpc) is 3.23. The van der Waals surface area contributed by atoms with Crippen molar-refractivity contribution >= 4 is 5.91 Å². The van der Waals surface area contributed by atoms with E-state index in [2.05, 4.69) is 29.2 Å². The van der Waals surface area contributed by atoms with E-state index in [0.717, 1.165) is 25.9 Å². The number of likely N-dealkylation sites (tertiary alicyclic amines) is 1. The zero-order chi connectivity index (χ0) is 16.6. The highest BCUT2D eigenvalue weighted by Crippen LogP contribution is 2.33. The quantitative estimate of drug-likeness (QED) is 0.910. The van der Waals surface area contributed by atoms with Crippen molar-refractivity contribution < 1.29 is 14.6 Å². The van der Waals surface area contributed by atoms with Crippen LogP contribution in [0.1, 0.15) is 31.2 Å². The minimum atomic E-state index is -1.13. The third-order valence-electron chi connectivity index (χ3n) is 5.76. The summed E-state index contributed by atoms with van der Waals surface area (Å²) < 4.78 is 5.93. The summed E-state index contributed by atoms with van der Waals surface area (Å²) in [7, 11) is 0. The number of hydrogen-bond donors (Lipinski definition) is 1. The molecule has 2 saturated heterocycles. The minimum Gasteiger partial charge on any atom is -0.380 e. The molecule has 5 nitrogen and oxygen atoms in total. The molecule has 2 unspecified atom stereocenters. The molecule has 0 bridgehead atoms. The largest absolute Gasteiger partial charge is 0.380 e. The van der Waals surface area contributed by atoms with E-state index in [1.807, 2.05) is 11.0 Å². The molecule has 4 rings (SSSR count). The fraction of sp³-hybridized carbons (Fsp3) is 0.632. The van der Waals surface area contributed by atoms with Crippen LogP contribution < -0.4 is 0 Å². The highest BCUT2D eigenvalue weighted by Gasteiger charge is 2.48. The third-order valence-corrected chi connectivity index (χ3v) is 5.76. The smallest absolute Gasteiger partial charge is 0.254 e. The molecule has 0 spiro atoms. The highest BCUT2D eigenvalue weighted by atomic mass is 16.5. The molecule has 1 aliphatic carbocycles. The average molecular weight is 330 g/mol. The van der Waals surface area contributed by atoms with Crippen LogP contribution in [0.3, 0.4) is 0 Å². The summed E-state index contributed by atoms with van der Waals surface area (Å²) in [4.78, 5) is 17.0. The second-order valence-corrected chi connectivity index (χ2v) is 7.38. The standard InChI is InChI=1S/C19H26N2O3/c22-18(19(23)8-4-5-9-19)21-13-16-17(14-21)24-11-10-20(16)12-15-6-2-1-3-7-15/h1-3,6-7,16-17,23H,4-5,8-14H2. The van der Waals surface area contributed by atoms with Crippen molar-refractivity contribution in [2.24, 2.45) is 0 Å². The Kier molecular flexibility index (Phi) is 4.33. The van der Waals surface area contributed by atoms with Crippen LogP contribution in [-0.4, -0.2) is 64.8 Å². The zero-order valence-electron chi connectivity index (χ0n) is 14.1. The first-order valence-electron chi connectivity index (χ1n) is 9.07. The second-order valence-electron chi connectivity index (χ2n) is 7.38. The Morgan fingerprint density at radius 3 is 2.71 bits per heavy atom.